The van der Waals surface area contributed by atoms with Gasteiger partial charge in [-0.1, -0.05) is 18.7 Å². The van der Waals surface area contributed by atoms with Crippen LogP contribution in [0.4, 0.5) is 0 Å². The fourth-order valence-electron chi connectivity index (χ4n) is 0.969. The zero-order valence-electron chi connectivity index (χ0n) is 7.81. The number of benzene rings is 1. The Morgan fingerprint density at radius 2 is 2.21 bits per heavy atom. The zero-order valence-corrected chi connectivity index (χ0v) is 7.81. The molecule has 0 unspecified atom stereocenters. The molecule has 1 aromatic carbocycles. The minimum Gasteiger partial charge on any atom is -0.498 e. The van der Waals surface area contributed by atoms with Crippen LogP contribution in [0.2, 0.25) is 0 Å². The van der Waals surface area contributed by atoms with Crippen molar-refractivity contribution in [2.75, 3.05) is 13.2 Å². The molecule has 0 aliphatic heterocycles. The van der Waals surface area contributed by atoms with Crippen molar-refractivity contribution in [2.24, 2.45) is 0 Å². The average molecular weight is 192 g/mol. The van der Waals surface area contributed by atoms with E-state index in [1.165, 1.54) is 6.26 Å². The highest BCUT2D eigenvalue weighted by molar-refractivity contribution is 5.75. The highest BCUT2D eigenvalue weighted by Crippen LogP contribution is 2.11. The number of ether oxygens (including phenoxy) is 2. The molecule has 3 nitrogen and oxygen atoms in total. The van der Waals surface area contributed by atoms with Crippen LogP contribution in [0.5, 0.6) is 5.75 Å². The molecule has 0 N–H and O–H groups in total. The molecule has 0 radical (unpaired) electrons. The number of rotatable bonds is 6. The number of carbonyl (C=O) groups excluding carboxylic acids is 1. The molecule has 0 bridgehead atoms. The Morgan fingerprint density at radius 3 is 2.93 bits per heavy atom. The molecule has 0 aliphatic carbocycles. The molecule has 1 rings (SSSR count). The maximum atomic E-state index is 10.4. The largest absolute Gasteiger partial charge is 0.498 e. The van der Waals surface area contributed by atoms with E-state index in [-0.39, 0.29) is 0 Å². The van der Waals surface area contributed by atoms with Crippen LogP contribution in [0.1, 0.15) is 10.4 Å². The maximum absolute atomic E-state index is 10.4. The maximum Gasteiger partial charge on any atom is 0.150 e. The van der Waals surface area contributed by atoms with Gasteiger partial charge in [-0.2, -0.15) is 0 Å². The summed E-state index contributed by atoms with van der Waals surface area (Å²) in [6, 6.07) is 6.97. The molecule has 0 heterocycles. The van der Waals surface area contributed by atoms with Crippen LogP contribution in [0.3, 0.4) is 0 Å². The third kappa shape index (κ3) is 3.31. The van der Waals surface area contributed by atoms with E-state index in [0.29, 0.717) is 24.5 Å². The van der Waals surface area contributed by atoms with Gasteiger partial charge in [0.25, 0.3) is 0 Å². The highest BCUT2D eigenvalue weighted by Gasteiger charge is 1.95. The van der Waals surface area contributed by atoms with Gasteiger partial charge in [-0.15, -0.1) is 0 Å². The summed E-state index contributed by atoms with van der Waals surface area (Å²) in [4.78, 5) is 10.4. The Labute approximate surface area is 83.0 Å². The van der Waals surface area contributed by atoms with Crippen molar-refractivity contribution >= 4 is 6.29 Å². The molecule has 14 heavy (non-hydrogen) atoms. The van der Waals surface area contributed by atoms with E-state index < -0.39 is 0 Å². The van der Waals surface area contributed by atoms with Gasteiger partial charge in [-0.05, 0) is 12.1 Å². The van der Waals surface area contributed by atoms with Gasteiger partial charge in [0.15, 0.2) is 0 Å². The first-order valence-corrected chi connectivity index (χ1v) is 4.27. The van der Waals surface area contributed by atoms with E-state index in [1.807, 2.05) is 0 Å². The van der Waals surface area contributed by atoms with Crippen LogP contribution in [-0.4, -0.2) is 19.5 Å². The van der Waals surface area contributed by atoms with Crippen LogP contribution in [0.15, 0.2) is 37.1 Å². The Hall–Kier alpha value is -1.77. The molecule has 0 saturated carbocycles. The summed E-state index contributed by atoms with van der Waals surface area (Å²) < 4.78 is 10.2. The van der Waals surface area contributed by atoms with E-state index in [1.54, 1.807) is 24.3 Å². The minimum atomic E-state index is 0.439. The summed E-state index contributed by atoms with van der Waals surface area (Å²) in [6.07, 6.45) is 2.15. The van der Waals surface area contributed by atoms with Crippen LogP contribution in [-0.2, 0) is 4.74 Å². The Morgan fingerprint density at radius 1 is 1.36 bits per heavy atom. The lowest BCUT2D eigenvalue weighted by Crippen LogP contribution is -2.03. The van der Waals surface area contributed by atoms with Gasteiger partial charge in [-0.25, -0.2) is 0 Å². The zero-order chi connectivity index (χ0) is 10.2. The number of aldehydes is 1. The topological polar surface area (TPSA) is 35.5 Å². The first-order chi connectivity index (χ1) is 6.86. The van der Waals surface area contributed by atoms with E-state index in [2.05, 4.69) is 6.58 Å². The van der Waals surface area contributed by atoms with E-state index in [9.17, 15) is 4.79 Å². The molecule has 0 spiro atoms. The van der Waals surface area contributed by atoms with E-state index >= 15 is 0 Å². The molecule has 3 heteroatoms. The van der Waals surface area contributed by atoms with E-state index in [4.69, 9.17) is 9.47 Å². The lowest BCUT2D eigenvalue weighted by atomic mass is 10.2. The number of hydrogen-bond acceptors (Lipinski definition) is 3. The molecular formula is C11H12O3. The highest BCUT2D eigenvalue weighted by atomic mass is 16.5. The third-order valence-electron chi connectivity index (χ3n) is 1.58. The third-order valence-corrected chi connectivity index (χ3v) is 1.58. The van der Waals surface area contributed by atoms with Gasteiger partial charge in [0.2, 0.25) is 0 Å². The van der Waals surface area contributed by atoms with Crippen molar-refractivity contribution in [3.05, 3.63) is 42.7 Å². The second-order valence-electron chi connectivity index (χ2n) is 2.58. The van der Waals surface area contributed by atoms with Crippen LogP contribution in [0.25, 0.3) is 0 Å². The second kappa shape index (κ2) is 5.80. The standard InChI is InChI=1S/C11H12O3/c1-2-13-6-7-14-11-5-3-4-10(8-11)9-12/h2-5,8-9H,1,6-7H2. The molecule has 0 amide bonds. The average Bonchev–Trinajstić information content (AvgIpc) is 2.25. The summed E-state index contributed by atoms with van der Waals surface area (Å²) in [5.41, 5.74) is 0.604. The molecule has 74 valence electrons. The van der Waals surface area contributed by atoms with Crippen molar-refractivity contribution in [2.45, 2.75) is 0 Å². The van der Waals surface area contributed by atoms with Gasteiger partial charge < -0.3 is 9.47 Å². The number of carbonyl (C=O) groups is 1. The van der Waals surface area contributed by atoms with Gasteiger partial charge in [-0.3, -0.25) is 4.79 Å². The molecule has 0 atom stereocenters. The predicted octanol–water partition coefficient (Wildman–Crippen LogP) is 2.04. The van der Waals surface area contributed by atoms with Crippen LogP contribution in [0, 0.1) is 0 Å². The van der Waals surface area contributed by atoms with Gasteiger partial charge in [0.05, 0.1) is 6.26 Å². The smallest absolute Gasteiger partial charge is 0.150 e. The molecular weight excluding hydrogens is 180 g/mol. The fourth-order valence-corrected chi connectivity index (χ4v) is 0.969. The van der Waals surface area contributed by atoms with Crippen LogP contribution >= 0.6 is 0 Å². The number of hydrogen-bond donors (Lipinski definition) is 0. The van der Waals surface area contributed by atoms with Crippen molar-refractivity contribution in [3.8, 4) is 5.75 Å². The quantitative estimate of drug-likeness (QED) is 0.393. The second-order valence-corrected chi connectivity index (χ2v) is 2.58. The first kappa shape index (κ1) is 10.3. The normalized spacial score (nSPS) is 9.14. The summed E-state index contributed by atoms with van der Waals surface area (Å²) in [6.45, 7) is 4.30. The minimum absolute atomic E-state index is 0.439. The fraction of sp³-hybridized carbons (Fsp3) is 0.182. The van der Waals surface area contributed by atoms with Crippen molar-refractivity contribution in [1.29, 1.82) is 0 Å². The van der Waals surface area contributed by atoms with Crippen LogP contribution < -0.4 is 4.74 Å². The van der Waals surface area contributed by atoms with Crippen molar-refractivity contribution in [3.63, 3.8) is 0 Å². The van der Waals surface area contributed by atoms with Gasteiger partial charge in [0, 0.05) is 5.56 Å². The lowest BCUT2D eigenvalue weighted by Gasteiger charge is -2.05. The first-order valence-electron chi connectivity index (χ1n) is 4.27. The lowest BCUT2D eigenvalue weighted by molar-refractivity contribution is 0.112. The predicted molar refractivity (Wildman–Crippen MR) is 53.5 cm³/mol. The molecule has 0 aromatic heterocycles. The SMILES string of the molecule is C=COCCOc1cccc(C=O)c1. The monoisotopic (exact) mass is 192 g/mol. The Kier molecular flexibility index (Phi) is 4.27. The molecule has 0 aliphatic rings. The van der Waals surface area contributed by atoms with Crippen molar-refractivity contribution in [1.82, 2.24) is 0 Å². The summed E-state index contributed by atoms with van der Waals surface area (Å²) in [7, 11) is 0. The molecule has 0 saturated heterocycles. The summed E-state index contributed by atoms with van der Waals surface area (Å²) in [5, 5.41) is 0. The van der Waals surface area contributed by atoms with Gasteiger partial charge in [0.1, 0.15) is 25.2 Å². The summed E-state index contributed by atoms with van der Waals surface area (Å²) >= 11 is 0. The molecule has 1 aromatic rings. The Balaban J connectivity index is 2.42. The Bertz CT molecular complexity index is 307. The van der Waals surface area contributed by atoms with Gasteiger partial charge >= 0.3 is 0 Å². The van der Waals surface area contributed by atoms with E-state index in [0.717, 1.165) is 6.29 Å². The summed E-state index contributed by atoms with van der Waals surface area (Å²) in [5.74, 6) is 0.669. The van der Waals surface area contributed by atoms with Crippen molar-refractivity contribution < 1.29 is 14.3 Å². The molecule has 0 fully saturated rings.